The van der Waals surface area contributed by atoms with Crippen LogP contribution < -0.4 is 10.2 Å². The third-order valence-corrected chi connectivity index (χ3v) is 1.38. The minimum Gasteiger partial charge on any atom is -0.480 e. The van der Waals surface area contributed by atoms with E-state index in [1.54, 1.807) is 24.3 Å². The summed E-state index contributed by atoms with van der Waals surface area (Å²) in [6.07, 6.45) is 0. The maximum absolute atomic E-state index is 10.1. The van der Waals surface area contributed by atoms with E-state index in [9.17, 15) is 4.79 Å². The van der Waals surface area contributed by atoms with E-state index < -0.39 is 5.97 Å². The quantitative estimate of drug-likeness (QED) is 0.543. The molecule has 0 atom stereocenters. The number of hydrogen-bond acceptors (Lipinski definition) is 4. The highest BCUT2D eigenvalue weighted by Gasteiger charge is 2.00. The van der Waals surface area contributed by atoms with Gasteiger partial charge in [-0.1, -0.05) is 18.2 Å². The Bertz CT molecular complexity index is 337. The Morgan fingerprint density at radius 1 is 1.40 bits per heavy atom. The van der Waals surface area contributed by atoms with Crippen molar-refractivity contribution in [1.82, 2.24) is 5.48 Å². The van der Waals surface area contributed by atoms with Crippen LogP contribution in [-0.2, 0) is 9.63 Å². The Labute approximate surface area is 86.9 Å². The largest absolute Gasteiger partial charge is 0.480 e. The number of carboxylic acid groups (broad SMARTS) is 1. The number of para-hydroxylation sites is 1. The van der Waals surface area contributed by atoms with Gasteiger partial charge in [0.1, 0.15) is 12.3 Å². The fourth-order valence-corrected chi connectivity index (χ4v) is 0.819. The van der Waals surface area contributed by atoms with E-state index in [0.717, 1.165) is 0 Å². The molecule has 1 aromatic carbocycles. The zero-order chi connectivity index (χ0) is 11.1. The molecule has 1 rings (SSSR count). The van der Waals surface area contributed by atoms with E-state index in [-0.39, 0.29) is 12.5 Å². The number of hydroxylamine groups is 1. The van der Waals surface area contributed by atoms with Crippen molar-refractivity contribution in [2.45, 2.75) is 0 Å². The van der Waals surface area contributed by atoms with Crippen molar-refractivity contribution >= 4 is 5.97 Å². The van der Waals surface area contributed by atoms with Crippen LogP contribution in [0.2, 0.25) is 0 Å². The number of rotatable bonds is 6. The molecule has 0 aromatic heterocycles. The van der Waals surface area contributed by atoms with Gasteiger partial charge in [-0.15, -0.1) is 5.48 Å². The summed E-state index contributed by atoms with van der Waals surface area (Å²) in [6, 6.07) is 8.90. The van der Waals surface area contributed by atoms with Gasteiger partial charge < -0.3 is 14.7 Å². The van der Waals surface area contributed by atoms with Crippen molar-refractivity contribution in [3.63, 3.8) is 0 Å². The van der Waals surface area contributed by atoms with E-state index in [1.807, 2.05) is 6.07 Å². The summed E-state index contributed by atoms with van der Waals surface area (Å²) in [6.45, 7) is 3.12. The van der Waals surface area contributed by atoms with Gasteiger partial charge in [-0.2, -0.15) is 0 Å². The third-order valence-electron chi connectivity index (χ3n) is 1.38. The number of hydrogen-bond donors (Lipinski definition) is 2. The molecule has 0 aliphatic heterocycles. The molecule has 0 unspecified atom stereocenters. The van der Waals surface area contributed by atoms with E-state index in [0.29, 0.717) is 5.75 Å². The SMILES string of the molecule is C=C(ONCC(=O)O)Oc1ccccc1. The van der Waals surface area contributed by atoms with Gasteiger partial charge in [0.05, 0.1) is 0 Å². The zero-order valence-corrected chi connectivity index (χ0v) is 7.97. The summed E-state index contributed by atoms with van der Waals surface area (Å²) in [5, 5.41) is 8.30. The number of nitrogens with one attached hydrogen (secondary N) is 1. The van der Waals surface area contributed by atoms with Crippen LogP contribution in [-0.4, -0.2) is 17.6 Å². The highest BCUT2D eigenvalue weighted by molar-refractivity contribution is 5.68. The van der Waals surface area contributed by atoms with Crippen LogP contribution in [0.4, 0.5) is 0 Å². The summed E-state index contributed by atoms with van der Waals surface area (Å²) in [5.74, 6) is -0.468. The minimum absolute atomic E-state index is 0.0116. The first kappa shape index (κ1) is 11.1. The molecule has 1 aromatic rings. The summed E-state index contributed by atoms with van der Waals surface area (Å²) < 4.78 is 5.12. The molecular formula is C10H11NO4. The van der Waals surface area contributed by atoms with E-state index in [4.69, 9.17) is 14.7 Å². The fraction of sp³-hybridized carbons (Fsp3) is 0.100. The van der Waals surface area contributed by atoms with E-state index >= 15 is 0 Å². The van der Waals surface area contributed by atoms with Gasteiger partial charge in [0.2, 0.25) is 0 Å². The van der Waals surface area contributed by atoms with Crippen LogP contribution >= 0.6 is 0 Å². The lowest BCUT2D eigenvalue weighted by atomic mass is 10.3. The second-order valence-corrected chi connectivity index (χ2v) is 2.60. The molecule has 0 heterocycles. The lowest BCUT2D eigenvalue weighted by Gasteiger charge is -2.08. The van der Waals surface area contributed by atoms with Gasteiger partial charge in [-0.3, -0.25) is 4.79 Å². The van der Waals surface area contributed by atoms with Gasteiger partial charge in [0, 0.05) is 0 Å². The average Bonchev–Trinajstić information content (AvgIpc) is 2.18. The second-order valence-electron chi connectivity index (χ2n) is 2.60. The second kappa shape index (κ2) is 5.66. The lowest BCUT2D eigenvalue weighted by Crippen LogP contribution is -2.23. The number of carbonyl (C=O) groups is 1. The van der Waals surface area contributed by atoms with Crippen molar-refractivity contribution < 1.29 is 19.5 Å². The molecule has 0 amide bonds. The van der Waals surface area contributed by atoms with Gasteiger partial charge in [-0.25, -0.2) is 0 Å². The third kappa shape index (κ3) is 4.68. The molecule has 2 N–H and O–H groups in total. The summed E-state index contributed by atoms with van der Waals surface area (Å²) >= 11 is 0. The molecular weight excluding hydrogens is 198 g/mol. The Kier molecular flexibility index (Phi) is 4.18. The molecule has 0 saturated heterocycles. The molecule has 0 aliphatic carbocycles. The Morgan fingerprint density at radius 2 is 2.07 bits per heavy atom. The highest BCUT2D eigenvalue weighted by Crippen LogP contribution is 2.11. The molecule has 0 spiro atoms. The van der Waals surface area contributed by atoms with Crippen LogP contribution in [0.15, 0.2) is 42.9 Å². The normalized spacial score (nSPS) is 9.33. The molecule has 80 valence electrons. The number of ether oxygens (including phenoxy) is 1. The standard InChI is InChI=1S/C10H11NO4/c1-8(15-11-7-10(12)13)14-9-5-3-2-4-6-9/h2-6,11H,1,7H2,(H,12,13). The monoisotopic (exact) mass is 209 g/mol. The summed E-state index contributed by atoms with van der Waals surface area (Å²) in [5.41, 5.74) is 2.18. The molecule has 0 fully saturated rings. The summed E-state index contributed by atoms with van der Waals surface area (Å²) in [4.78, 5) is 14.8. The van der Waals surface area contributed by atoms with Crippen LogP contribution in [0.25, 0.3) is 0 Å². The smallest absolute Gasteiger partial charge is 0.320 e. The van der Waals surface area contributed by atoms with Crippen LogP contribution in [0.1, 0.15) is 0 Å². The Balaban J connectivity index is 2.28. The number of benzene rings is 1. The Hall–Kier alpha value is -2.01. The first-order chi connectivity index (χ1) is 7.18. The minimum atomic E-state index is -1.03. The molecule has 0 aliphatic rings. The topological polar surface area (TPSA) is 67.8 Å². The van der Waals surface area contributed by atoms with Gasteiger partial charge in [0.25, 0.3) is 5.95 Å². The van der Waals surface area contributed by atoms with Crippen molar-refractivity contribution in [1.29, 1.82) is 0 Å². The number of aliphatic carboxylic acids is 1. The molecule has 0 bridgehead atoms. The zero-order valence-electron chi connectivity index (χ0n) is 7.97. The molecule has 0 radical (unpaired) electrons. The van der Waals surface area contributed by atoms with Crippen LogP contribution in [0.5, 0.6) is 5.75 Å². The highest BCUT2D eigenvalue weighted by atomic mass is 16.8. The van der Waals surface area contributed by atoms with Crippen LogP contribution in [0, 0.1) is 0 Å². The predicted octanol–water partition coefficient (Wildman–Crippen LogP) is 1.14. The predicted molar refractivity (Wildman–Crippen MR) is 52.9 cm³/mol. The first-order valence-corrected chi connectivity index (χ1v) is 4.22. The maximum Gasteiger partial charge on any atom is 0.320 e. The van der Waals surface area contributed by atoms with E-state index in [2.05, 4.69) is 12.1 Å². The summed E-state index contributed by atoms with van der Waals surface area (Å²) in [7, 11) is 0. The number of carboxylic acids is 1. The van der Waals surface area contributed by atoms with Crippen molar-refractivity contribution in [3.05, 3.63) is 42.9 Å². The van der Waals surface area contributed by atoms with Crippen LogP contribution in [0.3, 0.4) is 0 Å². The fourth-order valence-electron chi connectivity index (χ4n) is 0.819. The first-order valence-electron chi connectivity index (χ1n) is 4.22. The lowest BCUT2D eigenvalue weighted by molar-refractivity contribution is -0.138. The Morgan fingerprint density at radius 3 is 2.67 bits per heavy atom. The molecule has 5 nitrogen and oxygen atoms in total. The van der Waals surface area contributed by atoms with Crippen molar-refractivity contribution in [3.8, 4) is 5.75 Å². The molecule has 5 heteroatoms. The molecule has 15 heavy (non-hydrogen) atoms. The van der Waals surface area contributed by atoms with Gasteiger partial charge >= 0.3 is 5.97 Å². The average molecular weight is 209 g/mol. The van der Waals surface area contributed by atoms with E-state index in [1.165, 1.54) is 0 Å². The molecule has 0 saturated carbocycles. The van der Waals surface area contributed by atoms with Gasteiger partial charge in [0.15, 0.2) is 0 Å². The maximum atomic E-state index is 10.1. The van der Waals surface area contributed by atoms with Gasteiger partial charge in [-0.05, 0) is 18.7 Å². The van der Waals surface area contributed by atoms with Crippen molar-refractivity contribution in [2.24, 2.45) is 0 Å². The van der Waals surface area contributed by atoms with Crippen molar-refractivity contribution in [2.75, 3.05) is 6.54 Å².